The Hall–Kier alpha value is -2.82. The first-order valence-electron chi connectivity index (χ1n) is 7.71. The van der Waals surface area contributed by atoms with Crippen LogP contribution in [0.2, 0.25) is 0 Å². The Bertz CT molecular complexity index is 890. The largest absolute Gasteiger partial charge is 0.461 e. The molecule has 1 aliphatic carbocycles. The van der Waals surface area contributed by atoms with Gasteiger partial charge in [0.25, 0.3) is 5.91 Å². The van der Waals surface area contributed by atoms with Gasteiger partial charge in [-0.3, -0.25) is 10.2 Å². The van der Waals surface area contributed by atoms with Crippen molar-refractivity contribution < 1.29 is 9.21 Å². The molecule has 1 fully saturated rings. The third kappa shape index (κ3) is 2.77. The van der Waals surface area contributed by atoms with E-state index in [-0.39, 0.29) is 5.91 Å². The third-order valence-electron chi connectivity index (χ3n) is 4.21. The van der Waals surface area contributed by atoms with Crippen LogP contribution in [-0.4, -0.2) is 15.6 Å². The molecule has 2 aromatic heterocycles. The van der Waals surface area contributed by atoms with E-state index in [9.17, 15) is 4.79 Å². The van der Waals surface area contributed by atoms with Crippen LogP contribution in [0, 0.1) is 5.92 Å². The zero-order valence-electron chi connectivity index (χ0n) is 12.8. The molecule has 3 aromatic rings. The summed E-state index contributed by atoms with van der Waals surface area (Å²) in [4.78, 5) is 16.3. The number of carbonyl (C=O) groups is 1. The van der Waals surface area contributed by atoms with Gasteiger partial charge in [-0.1, -0.05) is 19.1 Å². The van der Waals surface area contributed by atoms with Crippen molar-refractivity contribution in [2.24, 2.45) is 5.92 Å². The number of fused-ring (bicyclic) bond motifs is 1. The van der Waals surface area contributed by atoms with Crippen molar-refractivity contribution in [1.82, 2.24) is 9.66 Å². The number of furan rings is 1. The molecule has 0 spiro atoms. The van der Waals surface area contributed by atoms with Crippen LogP contribution in [0.15, 0.2) is 53.2 Å². The highest BCUT2D eigenvalue weighted by molar-refractivity contribution is 5.98. The van der Waals surface area contributed by atoms with E-state index in [0.717, 1.165) is 16.8 Å². The fraction of sp³-hybridized carbons (Fsp3) is 0.222. The molecule has 5 heteroatoms. The normalized spacial score (nSPS) is 20.2. The number of nitrogens with one attached hydrogen (secondary N) is 1. The van der Waals surface area contributed by atoms with Gasteiger partial charge in [0.15, 0.2) is 0 Å². The van der Waals surface area contributed by atoms with Gasteiger partial charge in [0.1, 0.15) is 17.8 Å². The minimum absolute atomic E-state index is 0.231. The summed E-state index contributed by atoms with van der Waals surface area (Å²) in [5.74, 6) is 2.73. The topological polar surface area (TPSA) is 60.1 Å². The zero-order chi connectivity index (χ0) is 15.8. The maximum atomic E-state index is 12.0. The molecule has 1 amide bonds. The van der Waals surface area contributed by atoms with Crippen LogP contribution in [0.3, 0.4) is 0 Å². The van der Waals surface area contributed by atoms with Gasteiger partial charge in [0.05, 0.1) is 11.0 Å². The number of benzene rings is 1. The van der Waals surface area contributed by atoms with Crippen molar-refractivity contribution in [1.29, 1.82) is 0 Å². The Kier molecular flexibility index (Phi) is 3.26. The minimum Gasteiger partial charge on any atom is -0.461 e. The van der Waals surface area contributed by atoms with Crippen LogP contribution >= 0.6 is 0 Å². The lowest BCUT2D eigenvalue weighted by Crippen LogP contribution is -2.19. The molecular formula is C18H17N3O2. The zero-order valence-corrected chi connectivity index (χ0v) is 12.8. The van der Waals surface area contributed by atoms with Gasteiger partial charge in [-0.05, 0) is 42.7 Å². The molecule has 4 rings (SSSR count). The molecule has 1 N–H and O–H groups in total. The van der Waals surface area contributed by atoms with Crippen molar-refractivity contribution in [3.8, 4) is 0 Å². The molecule has 1 aromatic carbocycles. The van der Waals surface area contributed by atoms with E-state index in [1.165, 1.54) is 12.5 Å². The summed E-state index contributed by atoms with van der Waals surface area (Å²) in [6, 6.07) is 11.5. The lowest BCUT2D eigenvalue weighted by Gasteiger charge is -2.03. The summed E-state index contributed by atoms with van der Waals surface area (Å²) in [6.07, 6.45) is 5.93. The van der Waals surface area contributed by atoms with Crippen LogP contribution < -0.4 is 5.43 Å². The van der Waals surface area contributed by atoms with E-state index in [0.29, 0.717) is 17.6 Å². The fourth-order valence-corrected chi connectivity index (χ4v) is 2.74. The second-order valence-corrected chi connectivity index (χ2v) is 5.97. The number of rotatable bonds is 4. The Morgan fingerprint density at radius 2 is 2.17 bits per heavy atom. The number of carbonyl (C=O) groups excluding carboxylic acids is 1. The van der Waals surface area contributed by atoms with E-state index in [1.54, 1.807) is 17.1 Å². The van der Waals surface area contributed by atoms with Crippen molar-refractivity contribution >= 4 is 23.0 Å². The second-order valence-electron chi connectivity index (χ2n) is 5.97. The average molecular weight is 307 g/mol. The molecule has 23 heavy (non-hydrogen) atoms. The average Bonchev–Trinajstić information content (AvgIpc) is 2.98. The number of hydrogen-bond acceptors (Lipinski definition) is 3. The maximum absolute atomic E-state index is 12.0. The van der Waals surface area contributed by atoms with E-state index >= 15 is 0 Å². The second kappa shape index (κ2) is 5.43. The highest BCUT2D eigenvalue weighted by Gasteiger charge is 2.36. The summed E-state index contributed by atoms with van der Waals surface area (Å²) in [5, 5.41) is 0. The molecule has 2 heterocycles. The van der Waals surface area contributed by atoms with Gasteiger partial charge < -0.3 is 4.42 Å². The fourth-order valence-electron chi connectivity index (χ4n) is 2.74. The SMILES string of the molecule is CC1CC1c1ccc(/C=C/C(=O)Nn2cnc3ccccc32)o1. The lowest BCUT2D eigenvalue weighted by molar-refractivity contribution is -0.112. The molecule has 2 unspecified atom stereocenters. The Balaban J connectivity index is 1.44. The molecule has 2 atom stereocenters. The van der Waals surface area contributed by atoms with E-state index < -0.39 is 0 Å². The van der Waals surface area contributed by atoms with Gasteiger partial charge in [-0.15, -0.1) is 0 Å². The molecule has 1 aliphatic rings. The van der Waals surface area contributed by atoms with Crippen LogP contribution in [0.1, 0.15) is 30.8 Å². The number of para-hydroxylation sites is 2. The minimum atomic E-state index is -0.231. The molecule has 0 radical (unpaired) electrons. The third-order valence-corrected chi connectivity index (χ3v) is 4.21. The smallest absolute Gasteiger partial charge is 0.262 e. The first kappa shape index (κ1) is 13.8. The maximum Gasteiger partial charge on any atom is 0.262 e. The van der Waals surface area contributed by atoms with Crippen LogP contribution in [0.4, 0.5) is 0 Å². The van der Waals surface area contributed by atoms with Gasteiger partial charge in [-0.25, -0.2) is 9.66 Å². The van der Waals surface area contributed by atoms with Gasteiger partial charge in [-0.2, -0.15) is 0 Å². The van der Waals surface area contributed by atoms with Crippen molar-refractivity contribution in [3.05, 3.63) is 60.3 Å². The van der Waals surface area contributed by atoms with Crippen LogP contribution in [0.5, 0.6) is 0 Å². The number of amides is 1. The van der Waals surface area contributed by atoms with Crippen molar-refractivity contribution in [2.75, 3.05) is 5.43 Å². The molecule has 5 nitrogen and oxygen atoms in total. The first-order chi connectivity index (χ1) is 11.2. The number of imidazole rings is 1. The number of hydrogen-bond donors (Lipinski definition) is 1. The number of nitrogens with zero attached hydrogens (tertiary/aromatic N) is 2. The number of aromatic nitrogens is 2. The van der Waals surface area contributed by atoms with Gasteiger partial charge in [0.2, 0.25) is 0 Å². The Morgan fingerprint density at radius 3 is 3.00 bits per heavy atom. The first-order valence-corrected chi connectivity index (χ1v) is 7.71. The molecule has 116 valence electrons. The Morgan fingerprint density at radius 1 is 1.35 bits per heavy atom. The summed E-state index contributed by atoms with van der Waals surface area (Å²) in [5.41, 5.74) is 4.47. The standard InChI is InChI=1S/C18H17N3O2/c1-12-10-14(12)17-8-6-13(23-17)7-9-18(22)20-21-11-19-15-4-2-3-5-16(15)21/h2-9,11-12,14H,10H2,1H3,(H,20,22)/b9-7+. The van der Waals surface area contributed by atoms with E-state index in [1.807, 2.05) is 36.4 Å². The van der Waals surface area contributed by atoms with Crippen LogP contribution in [-0.2, 0) is 4.79 Å². The highest BCUT2D eigenvalue weighted by atomic mass is 16.3. The lowest BCUT2D eigenvalue weighted by atomic mass is 10.3. The molecule has 0 saturated heterocycles. The van der Waals surface area contributed by atoms with Crippen molar-refractivity contribution in [3.63, 3.8) is 0 Å². The summed E-state index contributed by atoms with van der Waals surface area (Å²) < 4.78 is 7.36. The van der Waals surface area contributed by atoms with Crippen molar-refractivity contribution in [2.45, 2.75) is 19.3 Å². The molecule has 0 aliphatic heterocycles. The summed E-state index contributed by atoms with van der Waals surface area (Å²) >= 11 is 0. The molecule has 1 saturated carbocycles. The predicted octanol–water partition coefficient (Wildman–Crippen LogP) is 3.54. The van der Waals surface area contributed by atoms with E-state index in [2.05, 4.69) is 17.3 Å². The van der Waals surface area contributed by atoms with E-state index in [4.69, 9.17) is 4.42 Å². The molecule has 0 bridgehead atoms. The monoisotopic (exact) mass is 307 g/mol. The highest BCUT2D eigenvalue weighted by Crippen LogP contribution is 2.47. The molecular weight excluding hydrogens is 290 g/mol. The predicted molar refractivity (Wildman–Crippen MR) is 88.4 cm³/mol. The van der Waals surface area contributed by atoms with Gasteiger partial charge in [0, 0.05) is 12.0 Å². The summed E-state index contributed by atoms with van der Waals surface area (Å²) in [6.45, 7) is 2.21. The summed E-state index contributed by atoms with van der Waals surface area (Å²) in [7, 11) is 0. The van der Waals surface area contributed by atoms with Crippen LogP contribution in [0.25, 0.3) is 17.1 Å². The van der Waals surface area contributed by atoms with Gasteiger partial charge >= 0.3 is 0 Å². The quantitative estimate of drug-likeness (QED) is 0.750. The Labute approximate surface area is 133 Å².